The van der Waals surface area contributed by atoms with E-state index in [4.69, 9.17) is 0 Å². The van der Waals surface area contributed by atoms with Gasteiger partial charge in [-0.1, -0.05) is 0 Å². The van der Waals surface area contributed by atoms with E-state index in [2.05, 4.69) is 6.08 Å². The molecule has 4 heteroatoms. The van der Waals surface area contributed by atoms with Gasteiger partial charge in [-0.3, -0.25) is 0 Å². The van der Waals surface area contributed by atoms with Gasteiger partial charge in [0.1, 0.15) is 0 Å². The zero-order valence-corrected chi connectivity index (χ0v) is 13.3. The van der Waals surface area contributed by atoms with Crippen LogP contribution in [0.2, 0.25) is 0 Å². The fourth-order valence-electron chi connectivity index (χ4n) is 1.09. The van der Waals surface area contributed by atoms with Crippen LogP contribution in [-0.2, 0) is 43.5 Å². The molecule has 0 spiro atoms. The van der Waals surface area contributed by atoms with E-state index in [0.717, 1.165) is 15.2 Å². The molecular formula is C9H9NOW2. The molecule has 0 N–H and O–H groups in total. The molecule has 0 bridgehead atoms. The summed E-state index contributed by atoms with van der Waals surface area (Å²) in [7, 11) is 1.82. The fraction of sp³-hybridized carbons (Fsp3) is 0.222. The van der Waals surface area contributed by atoms with E-state index in [1.54, 1.807) is 4.90 Å². The average Bonchev–Trinajstić information content (AvgIpc) is 2.12. The SMILES string of the molecule is CC=C1C(=O)N(C)C([CH]=[W])=C[C]1=[W]. The molecule has 13 heavy (non-hydrogen) atoms. The van der Waals surface area contributed by atoms with Gasteiger partial charge in [-0.15, -0.1) is 0 Å². The molecule has 0 saturated carbocycles. The van der Waals surface area contributed by atoms with Crippen LogP contribution in [-0.4, -0.2) is 26.2 Å². The van der Waals surface area contributed by atoms with E-state index in [1.165, 1.54) is 38.7 Å². The van der Waals surface area contributed by atoms with Gasteiger partial charge in [0.2, 0.25) is 0 Å². The van der Waals surface area contributed by atoms with Crippen LogP contribution in [0.4, 0.5) is 0 Å². The van der Waals surface area contributed by atoms with Crippen LogP contribution in [0.1, 0.15) is 6.92 Å². The topological polar surface area (TPSA) is 20.3 Å². The number of hydrogen-bond donors (Lipinski definition) is 0. The van der Waals surface area contributed by atoms with Crippen LogP contribution < -0.4 is 0 Å². The molecular weight excluding hydrogens is 506 g/mol. The Labute approximate surface area is 99.5 Å². The van der Waals surface area contributed by atoms with Gasteiger partial charge in [0, 0.05) is 0 Å². The van der Waals surface area contributed by atoms with Gasteiger partial charge in [0.05, 0.1) is 0 Å². The Bertz CT molecular complexity index is 342. The van der Waals surface area contributed by atoms with Crippen molar-refractivity contribution in [2.75, 3.05) is 7.05 Å². The van der Waals surface area contributed by atoms with Crippen molar-refractivity contribution in [2.24, 2.45) is 0 Å². The average molecular weight is 515 g/mol. The molecule has 0 aromatic carbocycles. The van der Waals surface area contributed by atoms with E-state index in [-0.39, 0.29) is 5.91 Å². The molecule has 2 nitrogen and oxygen atoms in total. The van der Waals surface area contributed by atoms with Gasteiger partial charge < -0.3 is 0 Å². The predicted molar refractivity (Wildman–Crippen MR) is 45.7 cm³/mol. The van der Waals surface area contributed by atoms with Crippen molar-refractivity contribution in [3.8, 4) is 0 Å². The summed E-state index contributed by atoms with van der Waals surface area (Å²) in [5.74, 6) is 0.113. The predicted octanol–water partition coefficient (Wildman–Crippen LogP) is 0.357. The first-order valence-corrected chi connectivity index (χ1v) is 6.93. The molecule has 1 rings (SSSR count). The molecule has 0 aliphatic carbocycles. The van der Waals surface area contributed by atoms with Gasteiger partial charge >= 0.3 is 100 Å². The number of carbonyl (C=O) groups is 1. The van der Waals surface area contributed by atoms with Crippen molar-refractivity contribution < 1.29 is 43.5 Å². The molecule has 0 fully saturated rings. The molecule has 68 valence electrons. The van der Waals surface area contributed by atoms with E-state index in [9.17, 15) is 4.79 Å². The van der Waals surface area contributed by atoms with E-state index >= 15 is 0 Å². The third-order valence-electron chi connectivity index (χ3n) is 1.88. The monoisotopic (exact) mass is 515 g/mol. The second-order valence-electron chi connectivity index (χ2n) is 2.62. The molecule has 1 amide bonds. The third kappa shape index (κ3) is 2.11. The second kappa shape index (κ2) is 4.53. The van der Waals surface area contributed by atoms with Crippen LogP contribution in [0.25, 0.3) is 0 Å². The normalized spacial score (nSPS) is 20.6. The molecule has 0 aromatic heterocycles. The van der Waals surface area contributed by atoms with Gasteiger partial charge in [-0.25, -0.2) is 0 Å². The number of carbonyl (C=O) groups excluding carboxylic acids is 1. The zero-order valence-electron chi connectivity index (χ0n) is 7.40. The molecule has 0 aromatic rings. The van der Waals surface area contributed by atoms with E-state index in [0.29, 0.717) is 0 Å². The van der Waals surface area contributed by atoms with Gasteiger partial charge in [-0.05, 0) is 0 Å². The summed E-state index contributed by atoms with van der Waals surface area (Å²) >= 11 is 2.71. The zero-order chi connectivity index (χ0) is 10.0. The summed E-state index contributed by atoms with van der Waals surface area (Å²) in [5.41, 5.74) is 1.87. The van der Waals surface area contributed by atoms with Crippen LogP contribution in [0.3, 0.4) is 0 Å². The fourth-order valence-corrected chi connectivity index (χ4v) is 3.07. The standard InChI is InChI=1S/C9H9NO.2W/c1-4-8-6-5-7(2)10(3)9(8)11;;/h2,4-5H,1,3H3;;. The molecule has 0 saturated heterocycles. The van der Waals surface area contributed by atoms with Gasteiger partial charge in [-0.2, -0.15) is 0 Å². The number of amides is 1. The Balaban J connectivity index is 3.21. The molecule has 0 radical (unpaired) electrons. The molecule has 0 atom stereocenters. The molecule has 1 aliphatic heterocycles. The summed E-state index contributed by atoms with van der Waals surface area (Å²) in [6, 6.07) is 0. The Morgan fingerprint density at radius 3 is 2.62 bits per heavy atom. The Morgan fingerprint density at radius 2 is 2.15 bits per heavy atom. The molecule has 0 unspecified atom stereocenters. The Hall–Kier alpha value is 0.0666. The molecule has 1 heterocycles. The van der Waals surface area contributed by atoms with Crippen molar-refractivity contribution in [1.29, 1.82) is 0 Å². The van der Waals surface area contributed by atoms with Crippen LogP contribution in [0.15, 0.2) is 23.4 Å². The minimum atomic E-state index is 0.113. The number of rotatable bonds is 1. The summed E-state index contributed by atoms with van der Waals surface area (Å²) < 4.78 is 3.17. The van der Waals surface area contributed by atoms with E-state index < -0.39 is 0 Å². The van der Waals surface area contributed by atoms with Crippen molar-refractivity contribution in [2.45, 2.75) is 6.92 Å². The number of nitrogens with zero attached hydrogens (tertiary/aromatic N) is 1. The maximum absolute atomic E-state index is 11.7. The third-order valence-corrected chi connectivity index (χ3v) is 3.96. The van der Waals surface area contributed by atoms with Gasteiger partial charge in [0.25, 0.3) is 0 Å². The van der Waals surface area contributed by atoms with Crippen molar-refractivity contribution in [1.82, 2.24) is 4.90 Å². The Morgan fingerprint density at radius 1 is 1.54 bits per heavy atom. The minimum absolute atomic E-state index is 0.113. The van der Waals surface area contributed by atoms with Crippen molar-refractivity contribution >= 4 is 14.2 Å². The first kappa shape index (κ1) is 11.1. The Kier molecular flexibility index (Phi) is 3.88. The van der Waals surface area contributed by atoms with Gasteiger partial charge in [0.15, 0.2) is 0 Å². The quantitative estimate of drug-likeness (QED) is 0.463. The van der Waals surface area contributed by atoms with Crippen LogP contribution in [0.5, 0.6) is 0 Å². The van der Waals surface area contributed by atoms with Crippen LogP contribution in [0, 0.1) is 0 Å². The van der Waals surface area contributed by atoms with E-state index in [1.807, 2.05) is 24.4 Å². The number of hydrogen-bond acceptors (Lipinski definition) is 1. The second-order valence-corrected chi connectivity index (χ2v) is 5.04. The summed E-state index contributed by atoms with van der Waals surface area (Å²) in [6.07, 6.45) is 3.97. The number of allylic oxidation sites excluding steroid dienone is 3. The van der Waals surface area contributed by atoms with Crippen molar-refractivity contribution in [3.05, 3.63) is 23.4 Å². The molecule has 1 aliphatic rings. The first-order chi connectivity index (χ1) is 6.11. The van der Waals surface area contributed by atoms with Crippen LogP contribution >= 0.6 is 0 Å². The maximum atomic E-state index is 11.7. The van der Waals surface area contributed by atoms with Crippen molar-refractivity contribution in [3.63, 3.8) is 0 Å². The summed E-state index contributed by atoms with van der Waals surface area (Å²) in [6.45, 7) is 1.91. The number of likely N-dealkylation sites (N-methyl/N-ethyl adjacent to an activating group) is 1. The summed E-state index contributed by atoms with van der Waals surface area (Å²) in [4.78, 5) is 13.4. The first-order valence-electron chi connectivity index (χ1n) is 3.77. The summed E-state index contributed by atoms with van der Waals surface area (Å²) in [5, 5.41) is 0.